The molecule has 1 aromatic heterocycles. The average molecular weight is 225 g/mol. The molecule has 0 saturated carbocycles. The molecule has 1 aliphatic rings. The Morgan fingerprint density at radius 1 is 1.75 bits per heavy atom. The number of carbonyl (C=O) groups is 1. The van der Waals surface area contributed by atoms with E-state index in [0.29, 0.717) is 25.5 Å². The van der Waals surface area contributed by atoms with Crippen LogP contribution < -0.4 is 10.6 Å². The van der Waals surface area contributed by atoms with Crippen LogP contribution in [-0.2, 0) is 9.53 Å². The zero-order valence-electron chi connectivity index (χ0n) is 9.16. The number of nitrogens with zero attached hydrogens (tertiary/aromatic N) is 1. The number of aryl methyl sites for hydroxylation is 1. The van der Waals surface area contributed by atoms with E-state index in [4.69, 9.17) is 9.26 Å². The van der Waals surface area contributed by atoms with E-state index in [9.17, 15) is 4.79 Å². The number of anilines is 1. The van der Waals surface area contributed by atoms with Crippen LogP contribution in [-0.4, -0.2) is 36.9 Å². The number of aromatic nitrogens is 1. The minimum atomic E-state index is -0.121. The van der Waals surface area contributed by atoms with Crippen molar-refractivity contribution in [2.24, 2.45) is 0 Å². The summed E-state index contributed by atoms with van der Waals surface area (Å²) in [5.41, 5.74) is 0.742. The summed E-state index contributed by atoms with van der Waals surface area (Å²) < 4.78 is 10.3. The molecular formula is C10H15N3O3. The van der Waals surface area contributed by atoms with Gasteiger partial charge in [0.05, 0.1) is 24.8 Å². The van der Waals surface area contributed by atoms with Gasteiger partial charge in [0.1, 0.15) is 0 Å². The number of nitrogens with one attached hydrogen (secondary N) is 2. The maximum Gasteiger partial charge on any atom is 0.231 e. The molecule has 6 nitrogen and oxygen atoms in total. The van der Waals surface area contributed by atoms with Crippen molar-refractivity contribution in [2.75, 3.05) is 25.0 Å². The van der Waals surface area contributed by atoms with Gasteiger partial charge in [0.15, 0.2) is 0 Å². The van der Waals surface area contributed by atoms with Gasteiger partial charge in [0.2, 0.25) is 11.8 Å². The Labute approximate surface area is 93.3 Å². The van der Waals surface area contributed by atoms with Crippen LogP contribution in [0.4, 0.5) is 5.88 Å². The molecule has 0 bridgehead atoms. The minimum absolute atomic E-state index is 0.0576. The van der Waals surface area contributed by atoms with Crippen molar-refractivity contribution >= 4 is 11.8 Å². The van der Waals surface area contributed by atoms with Crippen LogP contribution >= 0.6 is 0 Å². The summed E-state index contributed by atoms with van der Waals surface area (Å²) in [5.74, 6) is 0.260. The first-order valence-electron chi connectivity index (χ1n) is 5.29. The van der Waals surface area contributed by atoms with E-state index in [1.807, 2.05) is 0 Å². The second kappa shape index (κ2) is 5.09. The van der Waals surface area contributed by atoms with E-state index < -0.39 is 0 Å². The lowest BCUT2D eigenvalue weighted by molar-refractivity contribution is -0.119. The fraction of sp³-hybridized carbons (Fsp3) is 0.600. The molecule has 0 aromatic carbocycles. The van der Waals surface area contributed by atoms with Gasteiger partial charge in [-0.15, -0.1) is 0 Å². The van der Waals surface area contributed by atoms with Crippen molar-refractivity contribution in [3.63, 3.8) is 0 Å². The maximum atomic E-state index is 11.6. The molecule has 1 unspecified atom stereocenters. The van der Waals surface area contributed by atoms with Crippen LogP contribution in [0.5, 0.6) is 0 Å². The zero-order chi connectivity index (χ0) is 11.4. The van der Waals surface area contributed by atoms with Gasteiger partial charge in [-0.2, -0.15) is 0 Å². The molecule has 1 amide bonds. The van der Waals surface area contributed by atoms with Gasteiger partial charge >= 0.3 is 0 Å². The van der Waals surface area contributed by atoms with Crippen molar-refractivity contribution in [3.8, 4) is 0 Å². The molecule has 2 rings (SSSR count). The third-order valence-electron chi connectivity index (χ3n) is 2.31. The molecule has 2 heterocycles. The number of rotatable bonds is 3. The number of amides is 1. The first-order valence-corrected chi connectivity index (χ1v) is 5.29. The molecule has 1 aliphatic heterocycles. The molecule has 1 atom stereocenters. The Bertz CT molecular complexity index is 358. The minimum Gasteiger partial charge on any atom is -0.375 e. The molecule has 0 aliphatic carbocycles. The lowest BCUT2D eigenvalue weighted by atomic mass is 10.2. The second-order valence-electron chi connectivity index (χ2n) is 3.78. The zero-order valence-corrected chi connectivity index (χ0v) is 9.16. The van der Waals surface area contributed by atoms with E-state index in [0.717, 1.165) is 12.2 Å². The van der Waals surface area contributed by atoms with Gasteiger partial charge in [-0.1, -0.05) is 5.16 Å². The molecule has 6 heteroatoms. The highest BCUT2D eigenvalue weighted by Gasteiger charge is 2.18. The Hall–Kier alpha value is -1.40. The highest BCUT2D eigenvalue weighted by Crippen LogP contribution is 2.10. The fourth-order valence-electron chi connectivity index (χ4n) is 1.57. The summed E-state index contributed by atoms with van der Waals surface area (Å²) in [6.45, 7) is 4.01. The van der Waals surface area contributed by atoms with E-state index in [2.05, 4.69) is 15.8 Å². The molecule has 0 radical (unpaired) electrons. The lowest BCUT2D eigenvalue weighted by Gasteiger charge is -2.22. The van der Waals surface area contributed by atoms with Gasteiger partial charge in [-0.3, -0.25) is 10.1 Å². The number of ether oxygens (including phenoxy) is 1. The first kappa shape index (κ1) is 11.1. The molecule has 2 N–H and O–H groups in total. The summed E-state index contributed by atoms with van der Waals surface area (Å²) >= 11 is 0. The molecular weight excluding hydrogens is 210 g/mol. The predicted molar refractivity (Wildman–Crippen MR) is 57.1 cm³/mol. The number of morpholine rings is 1. The SMILES string of the molecule is Cc1cc(NC(=O)CC2CNCCO2)on1. The summed E-state index contributed by atoms with van der Waals surface area (Å²) in [5, 5.41) is 9.48. The second-order valence-corrected chi connectivity index (χ2v) is 3.78. The first-order chi connectivity index (χ1) is 7.74. The van der Waals surface area contributed by atoms with Gasteiger partial charge in [0.25, 0.3) is 0 Å². The van der Waals surface area contributed by atoms with E-state index >= 15 is 0 Å². The third-order valence-corrected chi connectivity index (χ3v) is 2.31. The highest BCUT2D eigenvalue weighted by atomic mass is 16.5. The van der Waals surface area contributed by atoms with Gasteiger partial charge in [-0.05, 0) is 6.92 Å². The topological polar surface area (TPSA) is 76.4 Å². The number of hydrogen-bond acceptors (Lipinski definition) is 5. The van der Waals surface area contributed by atoms with Crippen LogP contribution in [0.3, 0.4) is 0 Å². The average Bonchev–Trinajstić information content (AvgIpc) is 2.65. The van der Waals surface area contributed by atoms with Crippen molar-refractivity contribution < 1.29 is 14.1 Å². The number of hydrogen-bond donors (Lipinski definition) is 2. The monoisotopic (exact) mass is 225 g/mol. The molecule has 1 fully saturated rings. The largest absolute Gasteiger partial charge is 0.375 e. The van der Waals surface area contributed by atoms with E-state index in [1.54, 1.807) is 13.0 Å². The summed E-state index contributed by atoms with van der Waals surface area (Å²) in [7, 11) is 0. The molecule has 1 aromatic rings. The van der Waals surface area contributed by atoms with Crippen molar-refractivity contribution in [2.45, 2.75) is 19.4 Å². The summed E-state index contributed by atoms with van der Waals surface area (Å²) in [4.78, 5) is 11.6. The van der Waals surface area contributed by atoms with Gasteiger partial charge in [-0.25, -0.2) is 0 Å². The molecule has 0 spiro atoms. The van der Waals surface area contributed by atoms with E-state index in [1.165, 1.54) is 0 Å². The van der Waals surface area contributed by atoms with Crippen molar-refractivity contribution in [1.82, 2.24) is 10.5 Å². The molecule has 16 heavy (non-hydrogen) atoms. The Morgan fingerprint density at radius 3 is 3.25 bits per heavy atom. The fourth-order valence-corrected chi connectivity index (χ4v) is 1.57. The van der Waals surface area contributed by atoms with Crippen molar-refractivity contribution in [1.29, 1.82) is 0 Å². The van der Waals surface area contributed by atoms with Crippen LogP contribution in [0.25, 0.3) is 0 Å². The smallest absolute Gasteiger partial charge is 0.231 e. The van der Waals surface area contributed by atoms with Crippen LogP contribution in [0.15, 0.2) is 10.6 Å². The van der Waals surface area contributed by atoms with Gasteiger partial charge in [0, 0.05) is 19.2 Å². The highest BCUT2D eigenvalue weighted by molar-refractivity contribution is 5.89. The summed E-state index contributed by atoms with van der Waals surface area (Å²) in [6, 6.07) is 1.68. The Morgan fingerprint density at radius 2 is 2.62 bits per heavy atom. The third kappa shape index (κ3) is 3.04. The normalized spacial score (nSPS) is 20.7. The van der Waals surface area contributed by atoms with Crippen LogP contribution in [0, 0.1) is 6.92 Å². The molecule has 88 valence electrons. The van der Waals surface area contributed by atoms with Crippen LogP contribution in [0.1, 0.15) is 12.1 Å². The van der Waals surface area contributed by atoms with Crippen molar-refractivity contribution in [3.05, 3.63) is 11.8 Å². The van der Waals surface area contributed by atoms with Gasteiger partial charge < -0.3 is 14.6 Å². The standard InChI is InChI=1S/C10H15N3O3/c1-7-4-10(16-13-7)12-9(14)5-8-6-11-2-3-15-8/h4,8,11H,2-3,5-6H2,1H3,(H,12,14). The maximum absolute atomic E-state index is 11.6. The van der Waals surface area contributed by atoms with Crippen LogP contribution in [0.2, 0.25) is 0 Å². The quantitative estimate of drug-likeness (QED) is 0.773. The number of carbonyl (C=O) groups excluding carboxylic acids is 1. The Kier molecular flexibility index (Phi) is 3.53. The molecule has 1 saturated heterocycles. The lowest BCUT2D eigenvalue weighted by Crippen LogP contribution is -2.40. The Balaban J connectivity index is 1.79. The summed E-state index contributed by atoms with van der Waals surface area (Å²) in [6.07, 6.45) is 0.269. The van der Waals surface area contributed by atoms with E-state index in [-0.39, 0.29) is 12.0 Å². The predicted octanol–water partition coefficient (Wildman–Crippen LogP) is 0.300.